The van der Waals surface area contributed by atoms with E-state index in [1.54, 1.807) is 48.5 Å². The second kappa shape index (κ2) is 7.00. The first-order valence-corrected chi connectivity index (χ1v) is 10.9. The van der Waals surface area contributed by atoms with Gasteiger partial charge in [-0.3, -0.25) is 9.52 Å². The molecule has 2 saturated carbocycles. The molecule has 2 aromatic rings. The Morgan fingerprint density at radius 2 is 1.74 bits per heavy atom. The van der Waals surface area contributed by atoms with Crippen LogP contribution in [0.2, 0.25) is 0 Å². The lowest BCUT2D eigenvalue weighted by Gasteiger charge is -2.23. The van der Waals surface area contributed by atoms with Crippen LogP contribution >= 0.6 is 0 Å². The number of carbonyl (C=O) groups excluding carboxylic acids is 1. The number of hydrogen-bond donors (Lipinski definition) is 2. The van der Waals surface area contributed by atoms with Crippen molar-refractivity contribution in [2.75, 3.05) is 4.72 Å². The fraction of sp³-hybridized carbons (Fsp3) is 0.381. The largest absolute Gasteiger partial charge is 0.349 e. The summed E-state index contributed by atoms with van der Waals surface area (Å²) in [5.41, 5.74) is 1.65. The van der Waals surface area contributed by atoms with Gasteiger partial charge in [0.05, 0.1) is 16.1 Å². The Bertz CT molecular complexity index is 954. The summed E-state index contributed by atoms with van der Waals surface area (Å²) in [6.45, 7) is 1.90. The van der Waals surface area contributed by atoms with Gasteiger partial charge < -0.3 is 5.32 Å². The van der Waals surface area contributed by atoms with Crippen molar-refractivity contribution in [3.8, 4) is 0 Å². The molecule has 1 amide bonds. The molecule has 2 aliphatic carbocycles. The van der Waals surface area contributed by atoms with Gasteiger partial charge in [-0.1, -0.05) is 36.2 Å². The van der Waals surface area contributed by atoms with E-state index in [2.05, 4.69) is 10.0 Å². The molecule has 3 atom stereocenters. The first-order chi connectivity index (χ1) is 12.9. The molecular formula is C21H24N2O3S. The number of carbonyl (C=O) groups is 1. The van der Waals surface area contributed by atoms with Crippen LogP contribution in [0.25, 0.3) is 0 Å². The first-order valence-electron chi connectivity index (χ1n) is 9.42. The number of aryl methyl sites for hydroxylation is 1. The Balaban J connectivity index is 1.54. The maximum atomic E-state index is 12.8. The Hall–Kier alpha value is -2.34. The minimum absolute atomic E-state index is 0.177. The van der Waals surface area contributed by atoms with Gasteiger partial charge in [0.2, 0.25) is 0 Å². The summed E-state index contributed by atoms with van der Waals surface area (Å²) in [6, 6.07) is 13.6. The van der Waals surface area contributed by atoms with E-state index >= 15 is 0 Å². The zero-order valence-electron chi connectivity index (χ0n) is 15.3. The summed E-state index contributed by atoms with van der Waals surface area (Å²) in [5.74, 6) is 1.08. The molecule has 0 saturated heterocycles. The second-order valence-corrected chi connectivity index (χ2v) is 9.40. The number of amides is 1. The molecule has 2 fully saturated rings. The quantitative estimate of drug-likeness (QED) is 0.825. The van der Waals surface area contributed by atoms with E-state index in [9.17, 15) is 13.2 Å². The van der Waals surface area contributed by atoms with Crippen LogP contribution in [0.1, 0.15) is 41.6 Å². The van der Waals surface area contributed by atoms with Gasteiger partial charge in [0.15, 0.2) is 0 Å². The summed E-state index contributed by atoms with van der Waals surface area (Å²) >= 11 is 0. The van der Waals surface area contributed by atoms with Crippen LogP contribution in [0.5, 0.6) is 0 Å². The molecule has 0 heterocycles. The van der Waals surface area contributed by atoms with Crippen LogP contribution in [0.3, 0.4) is 0 Å². The molecule has 0 unspecified atom stereocenters. The van der Waals surface area contributed by atoms with Crippen molar-refractivity contribution in [2.24, 2.45) is 11.8 Å². The lowest BCUT2D eigenvalue weighted by molar-refractivity contribution is 0.0924. The number of fused-ring (bicyclic) bond motifs is 2. The third kappa shape index (κ3) is 3.72. The number of rotatable bonds is 5. The molecule has 2 bridgehead atoms. The van der Waals surface area contributed by atoms with E-state index < -0.39 is 10.0 Å². The Morgan fingerprint density at radius 1 is 1.00 bits per heavy atom. The Morgan fingerprint density at radius 3 is 2.41 bits per heavy atom. The third-order valence-corrected chi connectivity index (χ3v) is 7.18. The fourth-order valence-electron chi connectivity index (χ4n) is 4.36. The van der Waals surface area contributed by atoms with Gasteiger partial charge in [-0.05, 0) is 62.3 Å². The maximum Gasteiger partial charge on any atom is 0.261 e. The van der Waals surface area contributed by atoms with Gasteiger partial charge >= 0.3 is 0 Å². The SMILES string of the molecule is Cc1ccc(S(=O)(=O)Nc2ccccc2C(=O)N[C@H]2C[C@@H]3CC[C@@H]2C3)cc1. The molecule has 2 aromatic carbocycles. The minimum atomic E-state index is -3.75. The first kappa shape index (κ1) is 18.0. The summed E-state index contributed by atoms with van der Waals surface area (Å²) in [6.07, 6.45) is 4.68. The molecule has 4 rings (SSSR count). The van der Waals surface area contributed by atoms with Crippen LogP contribution in [-0.2, 0) is 10.0 Å². The van der Waals surface area contributed by atoms with Crippen molar-refractivity contribution in [1.29, 1.82) is 0 Å². The molecule has 27 heavy (non-hydrogen) atoms. The summed E-state index contributed by atoms with van der Waals surface area (Å²) in [5, 5.41) is 3.13. The summed E-state index contributed by atoms with van der Waals surface area (Å²) in [4.78, 5) is 13.0. The van der Waals surface area contributed by atoms with E-state index in [0.717, 1.165) is 17.9 Å². The molecule has 142 valence electrons. The normalized spacial score (nSPS) is 24.0. The molecule has 2 aliphatic rings. The van der Waals surface area contributed by atoms with Crippen molar-refractivity contribution >= 4 is 21.6 Å². The highest BCUT2D eigenvalue weighted by Crippen LogP contribution is 2.44. The lowest BCUT2D eigenvalue weighted by atomic mass is 9.95. The molecule has 0 aliphatic heterocycles. The number of anilines is 1. The zero-order valence-corrected chi connectivity index (χ0v) is 16.1. The zero-order chi connectivity index (χ0) is 19.0. The molecule has 0 aromatic heterocycles. The van der Waals surface area contributed by atoms with Gasteiger partial charge in [0.1, 0.15) is 0 Å². The number of hydrogen-bond acceptors (Lipinski definition) is 3. The standard InChI is InChI=1S/C21H24N2O3S/c1-14-6-10-17(11-7-14)27(25,26)23-19-5-3-2-4-18(19)21(24)22-20-13-15-8-9-16(20)12-15/h2-7,10-11,15-16,20,23H,8-9,12-13H2,1H3,(H,22,24)/t15-,16-,20+/m1/s1. The van der Waals surface area contributed by atoms with Gasteiger partial charge in [0.25, 0.3) is 15.9 Å². The monoisotopic (exact) mass is 384 g/mol. The van der Waals surface area contributed by atoms with Crippen molar-refractivity contribution in [2.45, 2.75) is 43.5 Å². The van der Waals surface area contributed by atoms with Crippen LogP contribution in [0.15, 0.2) is 53.4 Å². The van der Waals surface area contributed by atoms with Gasteiger partial charge in [-0.2, -0.15) is 0 Å². The van der Waals surface area contributed by atoms with Crippen molar-refractivity contribution in [3.05, 3.63) is 59.7 Å². The van der Waals surface area contributed by atoms with E-state index in [0.29, 0.717) is 17.2 Å². The predicted molar refractivity (Wildman–Crippen MR) is 105 cm³/mol. The fourth-order valence-corrected chi connectivity index (χ4v) is 5.44. The van der Waals surface area contributed by atoms with Crippen LogP contribution in [0, 0.1) is 18.8 Å². The number of para-hydroxylation sites is 1. The molecular weight excluding hydrogens is 360 g/mol. The Kier molecular flexibility index (Phi) is 4.68. The van der Waals surface area contributed by atoms with E-state index in [4.69, 9.17) is 0 Å². The highest BCUT2D eigenvalue weighted by atomic mass is 32.2. The molecule has 2 N–H and O–H groups in total. The van der Waals surface area contributed by atoms with E-state index in [1.165, 1.54) is 19.3 Å². The number of sulfonamides is 1. The Labute approximate surface area is 160 Å². The highest BCUT2D eigenvalue weighted by molar-refractivity contribution is 7.92. The average Bonchev–Trinajstić information content (AvgIpc) is 3.25. The second-order valence-electron chi connectivity index (χ2n) is 7.72. The summed E-state index contributed by atoms with van der Waals surface area (Å²) in [7, 11) is -3.75. The van der Waals surface area contributed by atoms with Gasteiger partial charge in [0, 0.05) is 6.04 Å². The minimum Gasteiger partial charge on any atom is -0.349 e. The number of benzene rings is 2. The van der Waals surface area contributed by atoms with Gasteiger partial charge in [-0.25, -0.2) is 8.42 Å². The van der Waals surface area contributed by atoms with E-state index in [1.807, 2.05) is 6.92 Å². The van der Waals surface area contributed by atoms with Crippen molar-refractivity contribution < 1.29 is 13.2 Å². The van der Waals surface area contributed by atoms with Crippen molar-refractivity contribution in [1.82, 2.24) is 5.32 Å². The number of nitrogens with one attached hydrogen (secondary N) is 2. The van der Waals surface area contributed by atoms with E-state index in [-0.39, 0.29) is 16.8 Å². The molecule has 5 nitrogen and oxygen atoms in total. The topological polar surface area (TPSA) is 75.3 Å². The highest BCUT2D eigenvalue weighted by Gasteiger charge is 2.40. The van der Waals surface area contributed by atoms with Crippen LogP contribution in [0.4, 0.5) is 5.69 Å². The predicted octanol–water partition coefficient (Wildman–Crippen LogP) is 3.71. The van der Waals surface area contributed by atoms with Crippen LogP contribution < -0.4 is 10.0 Å². The lowest BCUT2D eigenvalue weighted by Crippen LogP contribution is -2.38. The van der Waals surface area contributed by atoms with Crippen molar-refractivity contribution in [3.63, 3.8) is 0 Å². The molecule has 0 radical (unpaired) electrons. The maximum absolute atomic E-state index is 12.8. The third-order valence-electron chi connectivity index (χ3n) is 5.80. The smallest absolute Gasteiger partial charge is 0.261 e. The molecule has 6 heteroatoms. The average molecular weight is 385 g/mol. The molecule has 0 spiro atoms. The van der Waals surface area contributed by atoms with Gasteiger partial charge in [-0.15, -0.1) is 0 Å². The summed E-state index contributed by atoms with van der Waals surface area (Å²) < 4.78 is 28.0. The van der Waals surface area contributed by atoms with Crippen LogP contribution in [-0.4, -0.2) is 20.4 Å².